The van der Waals surface area contributed by atoms with Gasteiger partial charge in [-0.3, -0.25) is 10.1 Å². The molecule has 0 atom stereocenters. The number of hydrogen-bond acceptors (Lipinski definition) is 6. The van der Waals surface area contributed by atoms with Crippen molar-refractivity contribution in [2.75, 3.05) is 6.86 Å². The Balaban J connectivity index is 2.25. The second kappa shape index (κ2) is 5.87. The molecule has 0 fully saturated rings. The van der Waals surface area contributed by atoms with Gasteiger partial charge in [0.25, 0.3) is 5.69 Å². The Bertz CT molecular complexity index is 616. The van der Waals surface area contributed by atoms with E-state index in [1.165, 1.54) is 30.5 Å². The molecule has 0 bridgehead atoms. The quantitative estimate of drug-likeness (QED) is 0.494. The lowest BCUT2D eigenvalue weighted by molar-refractivity contribution is -0.385. The van der Waals surface area contributed by atoms with Crippen LogP contribution in [-0.4, -0.2) is 26.9 Å². The molecular formula is C11H10FN3O5. The van der Waals surface area contributed by atoms with Gasteiger partial charge < -0.3 is 14.7 Å². The van der Waals surface area contributed by atoms with Gasteiger partial charge in [0.05, 0.1) is 11.1 Å². The van der Waals surface area contributed by atoms with E-state index in [4.69, 9.17) is 14.7 Å². The minimum absolute atomic E-state index is 0.0186. The number of hydrogen-bond donors (Lipinski definition) is 1. The van der Waals surface area contributed by atoms with Crippen LogP contribution in [-0.2, 0) is 6.61 Å². The van der Waals surface area contributed by atoms with Crippen LogP contribution in [0.25, 0.3) is 0 Å². The first kappa shape index (κ1) is 13.6. The minimum Gasteiger partial charge on any atom is -0.471 e. The summed E-state index contributed by atoms with van der Waals surface area (Å²) in [6.07, 6.45) is 1.23. The number of rotatable bonds is 6. The van der Waals surface area contributed by atoms with E-state index in [0.717, 1.165) is 0 Å². The normalized spacial score (nSPS) is 10.2. The zero-order valence-corrected chi connectivity index (χ0v) is 10.1. The highest BCUT2D eigenvalue weighted by Gasteiger charge is 2.19. The number of nitro benzene ring substituents is 1. The van der Waals surface area contributed by atoms with Crippen molar-refractivity contribution in [2.24, 2.45) is 0 Å². The Kier molecular flexibility index (Phi) is 3.99. The molecular weight excluding hydrogens is 273 g/mol. The fraction of sp³-hybridized carbons (Fsp3) is 0.182. The van der Waals surface area contributed by atoms with Crippen LogP contribution in [0.3, 0.4) is 0 Å². The van der Waals surface area contributed by atoms with Crippen molar-refractivity contribution in [3.63, 3.8) is 0 Å². The average molecular weight is 283 g/mol. The van der Waals surface area contributed by atoms with Crippen molar-refractivity contribution in [1.29, 1.82) is 0 Å². The summed E-state index contributed by atoms with van der Waals surface area (Å²) < 4.78 is 22.2. The fourth-order valence-corrected chi connectivity index (χ4v) is 1.59. The van der Waals surface area contributed by atoms with Gasteiger partial charge in [-0.1, -0.05) is 11.2 Å². The molecule has 1 N–H and O–H groups in total. The number of nitro groups is 1. The second-order valence-electron chi connectivity index (χ2n) is 3.63. The number of halogens is 1. The standard InChI is InChI=1S/C11H10FN3O5/c12-7-20-10-3-1-2-9(15(17)18)8(10)6-19-11-4-5-14(16)13-11/h1-5,16H,6-7H2. The van der Waals surface area contributed by atoms with E-state index in [9.17, 15) is 14.5 Å². The molecule has 8 nitrogen and oxygen atoms in total. The maximum atomic E-state index is 12.3. The lowest BCUT2D eigenvalue weighted by Crippen LogP contribution is -2.05. The van der Waals surface area contributed by atoms with Gasteiger partial charge in [0.2, 0.25) is 12.7 Å². The predicted octanol–water partition coefficient (Wildman–Crippen LogP) is 1.91. The summed E-state index contributed by atoms with van der Waals surface area (Å²) >= 11 is 0. The van der Waals surface area contributed by atoms with Crippen molar-refractivity contribution >= 4 is 5.69 Å². The Morgan fingerprint density at radius 1 is 1.40 bits per heavy atom. The van der Waals surface area contributed by atoms with Crippen LogP contribution in [0.15, 0.2) is 30.5 Å². The molecule has 0 aliphatic carbocycles. The van der Waals surface area contributed by atoms with Gasteiger partial charge in [0.1, 0.15) is 17.9 Å². The fourth-order valence-electron chi connectivity index (χ4n) is 1.59. The number of benzene rings is 1. The zero-order chi connectivity index (χ0) is 14.5. The summed E-state index contributed by atoms with van der Waals surface area (Å²) in [5.74, 6) is 0.0852. The Morgan fingerprint density at radius 2 is 2.20 bits per heavy atom. The molecule has 20 heavy (non-hydrogen) atoms. The van der Waals surface area contributed by atoms with Crippen LogP contribution in [0.1, 0.15) is 5.56 Å². The third-order valence-corrected chi connectivity index (χ3v) is 2.43. The first-order chi connectivity index (χ1) is 9.61. The molecule has 0 amide bonds. The van der Waals surface area contributed by atoms with Crippen molar-refractivity contribution in [1.82, 2.24) is 9.94 Å². The van der Waals surface area contributed by atoms with Gasteiger partial charge in [-0.05, 0) is 6.07 Å². The first-order valence-corrected chi connectivity index (χ1v) is 5.44. The topological polar surface area (TPSA) is 99.7 Å². The third-order valence-electron chi connectivity index (χ3n) is 2.43. The van der Waals surface area contributed by atoms with Crippen molar-refractivity contribution in [3.05, 3.63) is 46.1 Å². The molecule has 1 aromatic heterocycles. The van der Waals surface area contributed by atoms with E-state index < -0.39 is 11.8 Å². The highest BCUT2D eigenvalue weighted by Crippen LogP contribution is 2.29. The number of ether oxygens (including phenoxy) is 2. The van der Waals surface area contributed by atoms with Gasteiger partial charge in [0, 0.05) is 12.1 Å². The smallest absolute Gasteiger partial charge is 0.279 e. The highest BCUT2D eigenvalue weighted by molar-refractivity contribution is 5.49. The van der Waals surface area contributed by atoms with Crippen LogP contribution in [0.5, 0.6) is 11.6 Å². The van der Waals surface area contributed by atoms with E-state index >= 15 is 0 Å². The molecule has 0 spiro atoms. The predicted molar refractivity (Wildman–Crippen MR) is 63.4 cm³/mol. The molecule has 1 aromatic carbocycles. The second-order valence-corrected chi connectivity index (χ2v) is 3.63. The molecule has 1 heterocycles. The summed E-state index contributed by atoms with van der Waals surface area (Å²) in [6, 6.07) is 5.41. The molecule has 106 valence electrons. The van der Waals surface area contributed by atoms with Crippen LogP contribution >= 0.6 is 0 Å². The summed E-state index contributed by atoms with van der Waals surface area (Å²) in [5, 5.41) is 23.5. The van der Waals surface area contributed by atoms with E-state index in [1.807, 2.05) is 0 Å². The van der Waals surface area contributed by atoms with E-state index in [-0.39, 0.29) is 29.5 Å². The van der Waals surface area contributed by atoms with E-state index in [0.29, 0.717) is 4.85 Å². The Labute approximate surface area is 112 Å². The maximum Gasteiger partial charge on any atom is 0.279 e. The monoisotopic (exact) mass is 283 g/mol. The molecule has 0 radical (unpaired) electrons. The zero-order valence-electron chi connectivity index (χ0n) is 10.1. The van der Waals surface area contributed by atoms with Gasteiger partial charge in [-0.2, -0.15) is 0 Å². The summed E-state index contributed by atoms with van der Waals surface area (Å²) in [5.41, 5.74) is -0.165. The summed E-state index contributed by atoms with van der Waals surface area (Å²) in [7, 11) is 0. The summed E-state index contributed by atoms with van der Waals surface area (Å²) in [4.78, 5) is 10.9. The highest BCUT2D eigenvalue weighted by atomic mass is 19.1. The van der Waals surface area contributed by atoms with Gasteiger partial charge in [-0.25, -0.2) is 4.39 Å². The van der Waals surface area contributed by atoms with Crippen LogP contribution in [0.2, 0.25) is 0 Å². The summed E-state index contributed by atoms with van der Waals surface area (Å²) in [6.45, 7) is -1.36. The first-order valence-electron chi connectivity index (χ1n) is 5.44. The van der Waals surface area contributed by atoms with Crippen molar-refractivity contribution in [2.45, 2.75) is 6.61 Å². The third kappa shape index (κ3) is 2.94. The molecule has 0 aliphatic heterocycles. The molecule has 0 aliphatic rings. The Hall–Kier alpha value is -2.84. The van der Waals surface area contributed by atoms with Gasteiger partial charge in [0.15, 0.2) is 0 Å². The average Bonchev–Trinajstić information content (AvgIpc) is 2.83. The van der Waals surface area contributed by atoms with E-state index in [1.54, 1.807) is 0 Å². The van der Waals surface area contributed by atoms with Crippen LogP contribution in [0.4, 0.5) is 10.1 Å². The molecule has 0 saturated heterocycles. The lowest BCUT2D eigenvalue weighted by Gasteiger charge is -2.09. The SMILES string of the molecule is O=[N+]([O-])c1cccc(OCF)c1COc1ccn(O)n1. The molecule has 0 unspecified atom stereocenters. The largest absolute Gasteiger partial charge is 0.471 e. The maximum absolute atomic E-state index is 12.3. The van der Waals surface area contributed by atoms with Gasteiger partial charge >= 0.3 is 0 Å². The van der Waals surface area contributed by atoms with E-state index in [2.05, 4.69) is 5.10 Å². The van der Waals surface area contributed by atoms with Crippen molar-refractivity contribution < 1.29 is 24.0 Å². The van der Waals surface area contributed by atoms with Crippen LogP contribution < -0.4 is 9.47 Å². The van der Waals surface area contributed by atoms with Gasteiger partial charge in [-0.15, -0.1) is 4.85 Å². The number of aromatic nitrogens is 2. The number of alkyl halides is 1. The number of nitrogens with zero attached hydrogens (tertiary/aromatic N) is 3. The molecule has 9 heteroatoms. The molecule has 0 saturated carbocycles. The minimum atomic E-state index is -1.11. The Morgan fingerprint density at radius 3 is 2.80 bits per heavy atom. The van der Waals surface area contributed by atoms with Crippen LogP contribution in [0, 0.1) is 10.1 Å². The van der Waals surface area contributed by atoms with Crippen molar-refractivity contribution in [3.8, 4) is 11.6 Å². The lowest BCUT2D eigenvalue weighted by atomic mass is 10.1. The molecule has 2 rings (SSSR count). The molecule has 2 aromatic rings.